The minimum atomic E-state index is -0.192. The lowest BCUT2D eigenvalue weighted by Gasteiger charge is -2.25. The van der Waals surface area contributed by atoms with E-state index in [-0.39, 0.29) is 12.1 Å². The molecule has 0 unspecified atom stereocenters. The molecule has 1 aromatic heterocycles. The molecule has 0 bridgehead atoms. The van der Waals surface area contributed by atoms with Gasteiger partial charge < -0.3 is 15.0 Å². The summed E-state index contributed by atoms with van der Waals surface area (Å²) >= 11 is 0. The summed E-state index contributed by atoms with van der Waals surface area (Å²) in [5, 5.41) is 2.90. The minimum Gasteiger partial charge on any atom is -0.497 e. The van der Waals surface area contributed by atoms with Crippen molar-refractivity contribution in [2.75, 3.05) is 27.7 Å². The summed E-state index contributed by atoms with van der Waals surface area (Å²) in [6.45, 7) is 0.497. The van der Waals surface area contributed by atoms with Crippen molar-refractivity contribution in [3.05, 3.63) is 48.5 Å². The summed E-state index contributed by atoms with van der Waals surface area (Å²) in [5.41, 5.74) is 1.09. The number of aromatic nitrogens is 2. The molecule has 1 N–H and O–H groups in total. The van der Waals surface area contributed by atoms with Crippen LogP contribution in [0.3, 0.4) is 0 Å². The molecule has 0 aliphatic heterocycles. The highest BCUT2D eigenvalue weighted by molar-refractivity contribution is 5.76. The quantitative estimate of drug-likeness (QED) is 0.910. The molecule has 0 aliphatic carbocycles. The van der Waals surface area contributed by atoms with E-state index >= 15 is 0 Å². The summed E-state index contributed by atoms with van der Waals surface area (Å²) in [6, 6.07) is 7.72. The number of carbonyl (C=O) groups excluding carboxylic acids is 1. The highest BCUT2D eigenvalue weighted by Crippen LogP contribution is 2.22. The fraction of sp³-hybridized carbons (Fsp3) is 0.333. The van der Waals surface area contributed by atoms with E-state index in [2.05, 4.69) is 15.2 Å². The monoisotopic (exact) mass is 288 g/mol. The van der Waals surface area contributed by atoms with Crippen molar-refractivity contribution in [1.82, 2.24) is 19.8 Å². The van der Waals surface area contributed by atoms with Crippen molar-refractivity contribution in [3.63, 3.8) is 0 Å². The number of benzene rings is 1. The van der Waals surface area contributed by atoms with Gasteiger partial charge in [0.25, 0.3) is 0 Å². The first-order valence-electron chi connectivity index (χ1n) is 6.68. The molecule has 0 aliphatic rings. The molecular formula is C15H20N4O2. The molecule has 6 heteroatoms. The number of hydrogen-bond acceptors (Lipinski definition) is 4. The molecule has 2 aromatic rings. The number of hydrogen-bond donors (Lipinski definition) is 1. The minimum absolute atomic E-state index is 0.0626. The van der Waals surface area contributed by atoms with E-state index < -0.39 is 0 Å². The van der Waals surface area contributed by atoms with E-state index in [0.717, 1.165) is 11.3 Å². The molecular weight excluding hydrogens is 268 g/mol. The fourth-order valence-corrected chi connectivity index (χ4v) is 2.10. The van der Waals surface area contributed by atoms with Crippen LogP contribution in [0.1, 0.15) is 11.6 Å². The van der Waals surface area contributed by atoms with Crippen LogP contribution in [0.4, 0.5) is 4.79 Å². The predicted octanol–water partition coefficient (Wildman–Crippen LogP) is 1.75. The Morgan fingerprint density at radius 2 is 2.29 bits per heavy atom. The van der Waals surface area contributed by atoms with Crippen LogP contribution in [-0.4, -0.2) is 48.2 Å². The normalized spacial score (nSPS) is 12.2. The number of nitrogens with one attached hydrogen (secondary N) is 1. The van der Waals surface area contributed by atoms with Crippen molar-refractivity contribution in [2.45, 2.75) is 6.04 Å². The molecule has 0 radical (unpaired) electrons. The number of carbonyl (C=O) groups is 1. The second-order valence-electron chi connectivity index (χ2n) is 4.91. The van der Waals surface area contributed by atoms with Gasteiger partial charge in [0.05, 0.1) is 13.2 Å². The largest absolute Gasteiger partial charge is 0.497 e. The summed E-state index contributed by atoms with van der Waals surface area (Å²) < 4.78 is 6.67. The average molecular weight is 288 g/mol. The number of likely N-dealkylation sites (N-methyl/N-ethyl adjacent to an activating group) is 1. The summed E-state index contributed by atoms with van der Waals surface area (Å²) in [4.78, 5) is 17.9. The molecule has 1 atom stereocenters. The summed E-state index contributed by atoms with van der Waals surface area (Å²) in [5.74, 6) is 0.806. The molecule has 2 rings (SSSR count). The lowest BCUT2D eigenvalue weighted by Crippen LogP contribution is -2.36. The van der Waals surface area contributed by atoms with E-state index in [0.29, 0.717) is 6.54 Å². The summed E-state index contributed by atoms with van der Waals surface area (Å²) in [7, 11) is 5.60. The smallest absolute Gasteiger partial charge is 0.326 e. The zero-order valence-electron chi connectivity index (χ0n) is 12.5. The van der Waals surface area contributed by atoms with Gasteiger partial charge in [0.15, 0.2) is 0 Å². The maximum absolute atomic E-state index is 12.0. The first kappa shape index (κ1) is 15.1. The molecule has 1 amide bonds. The zero-order valence-corrected chi connectivity index (χ0v) is 12.5. The Kier molecular flexibility index (Phi) is 4.94. The second kappa shape index (κ2) is 6.90. The van der Waals surface area contributed by atoms with Gasteiger partial charge in [-0.05, 0) is 31.8 Å². The highest BCUT2D eigenvalue weighted by Gasteiger charge is 2.16. The number of imidazole rings is 1. The molecule has 0 saturated carbocycles. The standard InChI is InChI=1S/C15H20N4O2/c1-18(2)14(12-5-4-6-13(9-12)21-3)10-17-15(20)19-8-7-16-11-19/h4-9,11,14H,10H2,1-3H3,(H,17,20)/t14-/m1/s1. The lowest BCUT2D eigenvalue weighted by molar-refractivity contribution is 0.234. The van der Waals surface area contributed by atoms with Gasteiger partial charge in [-0.25, -0.2) is 9.78 Å². The number of ether oxygens (including phenoxy) is 1. The van der Waals surface area contributed by atoms with Crippen LogP contribution in [0.25, 0.3) is 0 Å². The highest BCUT2D eigenvalue weighted by atomic mass is 16.5. The Bertz CT molecular complexity index is 581. The van der Waals surface area contributed by atoms with Gasteiger partial charge in [-0.2, -0.15) is 0 Å². The first-order chi connectivity index (χ1) is 10.1. The molecule has 1 heterocycles. The second-order valence-corrected chi connectivity index (χ2v) is 4.91. The van der Waals surface area contributed by atoms with Crippen LogP contribution < -0.4 is 10.1 Å². The number of amides is 1. The molecule has 0 saturated heterocycles. The van der Waals surface area contributed by atoms with Gasteiger partial charge in [-0.15, -0.1) is 0 Å². The Hall–Kier alpha value is -2.34. The van der Waals surface area contributed by atoms with E-state index in [1.54, 1.807) is 19.5 Å². The van der Waals surface area contributed by atoms with E-state index in [1.165, 1.54) is 10.9 Å². The Morgan fingerprint density at radius 3 is 2.90 bits per heavy atom. The molecule has 112 valence electrons. The predicted molar refractivity (Wildman–Crippen MR) is 80.4 cm³/mol. The topological polar surface area (TPSA) is 59.4 Å². The van der Waals surface area contributed by atoms with Gasteiger partial charge in [-0.3, -0.25) is 4.57 Å². The van der Waals surface area contributed by atoms with Gasteiger partial charge in [-0.1, -0.05) is 12.1 Å². The maximum Gasteiger partial charge on any atom is 0.326 e. The molecule has 6 nitrogen and oxygen atoms in total. The van der Waals surface area contributed by atoms with Crippen LogP contribution in [0.15, 0.2) is 43.0 Å². The van der Waals surface area contributed by atoms with Crippen molar-refractivity contribution in [1.29, 1.82) is 0 Å². The van der Waals surface area contributed by atoms with Gasteiger partial charge in [0.1, 0.15) is 12.1 Å². The van der Waals surface area contributed by atoms with Gasteiger partial charge in [0.2, 0.25) is 0 Å². The van der Waals surface area contributed by atoms with E-state index in [9.17, 15) is 4.79 Å². The molecule has 0 spiro atoms. The third-order valence-corrected chi connectivity index (χ3v) is 3.29. The van der Waals surface area contributed by atoms with Crippen molar-refractivity contribution in [2.24, 2.45) is 0 Å². The van der Waals surface area contributed by atoms with E-state index in [4.69, 9.17) is 4.74 Å². The van der Waals surface area contributed by atoms with Crippen LogP contribution >= 0.6 is 0 Å². The van der Waals surface area contributed by atoms with Crippen LogP contribution in [0.2, 0.25) is 0 Å². The van der Waals surface area contributed by atoms with Crippen molar-refractivity contribution < 1.29 is 9.53 Å². The molecule has 1 aromatic carbocycles. The lowest BCUT2D eigenvalue weighted by atomic mass is 10.1. The van der Waals surface area contributed by atoms with Gasteiger partial charge >= 0.3 is 6.03 Å². The number of rotatable bonds is 5. The first-order valence-corrected chi connectivity index (χ1v) is 6.68. The van der Waals surface area contributed by atoms with Crippen LogP contribution in [0, 0.1) is 0 Å². The zero-order chi connectivity index (χ0) is 15.2. The summed E-state index contributed by atoms with van der Waals surface area (Å²) in [6.07, 6.45) is 4.67. The van der Waals surface area contributed by atoms with Crippen LogP contribution in [-0.2, 0) is 0 Å². The van der Waals surface area contributed by atoms with Crippen molar-refractivity contribution >= 4 is 6.03 Å². The third kappa shape index (κ3) is 3.82. The Balaban J connectivity index is 2.07. The fourth-order valence-electron chi connectivity index (χ4n) is 2.10. The average Bonchev–Trinajstić information content (AvgIpc) is 3.01. The van der Waals surface area contributed by atoms with Crippen molar-refractivity contribution in [3.8, 4) is 5.75 Å². The number of methoxy groups -OCH3 is 1. The Labute approximate surface area is 124 Å². The third-order valence-electron chi connectivity index (χ3n) is 3.29. The van der Waals surface area contributed by atoms with Gasteiger partial charge in [0, 0.05) is 18.9 Å². The maximum atomic E-state index is 12.0. The molecule has 21 heavy (non-hydrogen) atoms. The number of nitrogens with zero attached hydrogens (tertiary/aromatic N) is 3. The van der Waals surface area contributed by atoms with Crippen LogP contribution in [0.5, 0.6) is 5.75 Å². The Morgan fingerprint density at radius 1 is 1.48 bits per heavy atom. The SMILES string of the molecule is COc1cccc([C@@H](CNC(=O)n2ccnc2)N(C)C)c1. The molecule has 0 fully saturated rings. The van der Waals surface area contributed by atoms with E-state index in [1.807, 2.05) is 38.4 Å².